The Hall–Kier alpha value is -11.7. The highest BCUT2D eigenvalue weighted by atomic mass is 14.8. The summed E-state index contributed by atoms with van der Waals surface area (Å²) in [6, 6.07) is 79.0. The van der Waals surface area contributed by atoms with Crippen LogP contribution in [0.15, 0.2) is 299 Å². The second-order valence-corrected chi connectivity index (χ2v) is 21.5. The molecule has 0 aliphatic carbocycles. The lowest BCUT2D eigenvalue weighted by Gasteiger charge is -2.02. The minimum Gasteiger partial charge on any atom is -0.264 e. The average molecular weight is 1200 g/mol. The Morgan fingerprint density at radius 2 is 0.739 bits per heavy atom. The Kier molecular flexibility index (Phi) is 23.7. The summed E-state index contributed by atoms with van der Waals surface area (Å²) >= 11 is 0. The second kappa shape index (κ2) is 33.6. The highest BCUT2D eigenvalue weighted by molar-refractivity contribution is 5.86. The molecule has 0 saturated heterocycles. The third kappa shape index (κ3) is 18.4. The lowest BCUT2D eigenvalue weighted by atomic mass is 10.1. The average Bonchev–Trinajstić information content (AvgIpc) is 3.53. The summed E-state index contributed by atoms with van der Waals surface area (Å²) in [6.07, 6.45) is 18.1. The first-order valence-corrected chi connectivity index (χ1v) is 30.4. The number of aryl methyl sites for hydroxylation is 8. The van der Waals surface area contributed by atoms with Gasteiger partial charge < -0.3 is 0 Å². The molecule has 9 heterocycles. The molecule has 7 aromatic carbocycles. The number of pyridine rings is 7. The number of rotatable bonds is 2. The molecule has 0 atom stereocenters. The fourth-order valence-corrected chi connectivity index (χ4v) is 9.86. The maximum atomic E-state index is 4.35. The summed E-state index contributed by atoms with van der Waals surface area (Å²) in [4.78, 5) is 46.4. The van der Waals surface area contributed by atoms with Crippen molar-refractivity contribution in [1.29, 1.82) is 0 Å². The highest BCUT2D eigenvalue weighted by Crippen LogP contribution is 2.22. The predicted molar refractivity (Wildman–Crippen MR) is 381 cm³/mol. The highest BCUT2D eigenvalue weighted by Gasteiger charge is 2.03. The molecule has 16 aromatic rings. The van der Waals surface area contributed by atoms with Gasteiger partial charge >= 0.3 is 0 Å². The van der Waals surface area contributed by atoms with E-state index in [9.17, 15) is 0 Å². The Morgan fingerprint density at radius 3 is 1.40 bits per heavy atom. The Bertz CT molecular complexity index is 4380. The van der Waals surface area contributed by atoms with Gasteiger partial charge in [-0.25, -0.2) is 15.0 Å². The van der Waals surface area contributed by atoms with Crippen molar-refractivity contribution in [3.8, 4) is 22.6 Å². The molecule has 0 radical (unpaired) electrons. The summed E-state index contributed by atoms with van der Waals surface area (Å²) in [5, 5.41) is 8.64. The van der Waals surface area contributed by atoms with E-state index in [-0.39, 0.29) is 0 Å². The largest absolute Gasteiger partial charge is 0.264 e. The molecule has 11 heteroatoms. The summed E-state index contributed by atoms with van der Waals surface area (Å²) in [5.74, 6) is 0. The lowest BCUT2D eigenvalue weighted by molar-refractivity contribution is 1.15. The van der Waals surface area contributed by atoms with Gasteiger partial charge in [0.2, 0.25) is 0 Å². The molecule has 11 nitrogen and oxygen atoms in total. The zero-order valence-corrected chi connectivity index (χ0v) is 53.2. The third-order valence-electron chi connectivity index (χ3n) is 14.8. The first-order chi connectivity index (χ1) is 45.0. The van der Waals surface area contributed by atoms with Gasteiger partial charge in [-0.05, 0) is 167 Å². The molecule has 92 heavy (non-hydrogen) atoms. The Morgan fingerprint density at radius 1 is 0.239 bits per heavy atom. The van der Waals surface area contributed by atoms with E-state index < -0.39 is 0 Å². The fourth-order valence-electron chi connectivity index (χ4n) is 9.86. The molecule has 0 bridgehead atoms. The van der Waals surface area contributed by atoms with Gasteiger partial charge in [0.1, 0.15) is 6.33 Å². The normalized spacial score (nSPS) is 10.2. The van der Waals surface area contributed by atoms with Crippen molar-refractivity contribution < 1.29 is 0 Å². The van der Waals surface area contributed by atoms with Gasteiger partial charge in [-0.1, -0.05) is 164 Å². The maximum Gasteiger partial charge on any atom is 0.116 e. The van der Waals surface area contributed by atoms with Crippen LogP contribution < -0.4 is 0 Å². The number of aromatic nitrogens is 11. The minimum absolute atomic E-state index is 0.931. The number of hydrogen-bond donors (Lipinski definition) is 0. The molecule has 0 unspecified atom stereocenters. The molecule has 0 N–H and O–H groups in total. The molecule has 9 aromatic heterocycles. The van der Waals surface area contributed by atoms with E-state index in [1.165, 1.54) is 60.1 Å². The smallest absolute Gasteiger partial charge is 0.116 e. The maximum absolute atomic E-state index is 4.35. The van der Waals surface area contributed by atoms with Gasteiger partial charge in [0.15, 0.2) is 0 Å². The van der Waals surface area contributed by atoms with Crippen LogP contribution in [0.3, 0.4) is 0 Å². The molecule has 452 valence electrons. The van der Waals surface area contributed by atoms with Gasteiger partial charge in [-0.3, -0.25) is 39.9 Å². The van der Waals surface area contributed by atoms with Crippen LogP contribution in [0.5, 0.6) is 0 Å². The van der Waals surface area contributed by atoms with Crippen LogP contribution in [0.25, 0.3) is 87.9 Å². The van der Waals surface area contributed by atoms with Crippen molar-refractivity contribution in [2.75, 3.05) is 0 Å². The molecule has 0 aliphatic heterocycles. The molecule has 16 rings (SSSR count). The summed E-state index contributed by atoms with van der Waals surface area (Å²) in [7, 11) is 0. The van der Waals surface area contributed by atoms with Gasteiger partial charge in [0.25, 0.3) is 0 Å². The third-order valence-corrected chi connectivity index (χ3v) is 14.8. The lowest BCUT2D eigenvalue weighted by Crippen LogP contribution is -1.88. The van der Waals surface area contributed by atoms with E-state index >= 15 is 0 Å². The van der Waals surface area contributed by atoms with Crippen molar-refractivity contribution in [3.05, 3.63) is 344 Å². The van der Waals surface area contributed by atoms with Crippen LogP contribution in [-0.2, 0) is 0 Å². The molecule has 0 fully saturated rings. The minimum atomic E-state index is 0.931. The first-order valence-electron chi connectivity index (χ1n) is 30.4. The monoisotopic (exact) mass is 1200 g/mol. The van der Waals surface area contributed by atoms with Crippen LogP contribution >= 0.6 is 0 Å². The van der Waals surface area contributed by atoms with Gasteiger partial charge in [-0.15, -0.1) is 0 Å². The Balaban J connectivity index is 0.000000124. The number of hydrogen-bond acceptors (Lipinski definition) is 11. The molecular formula is C81H73N11. The van der Waals surface area contributed by atoms with Crippen LogP contribution in [0.1, 0.15) is 44.9 Å². The molecule has 0 saturated carbocycles. The molecule has 0 amide bonds. The first kappa shape index (κ1) is 64.8. The zero-order chi connectivity index (χ0) is 64.3. The quantitative estimate of drug-likeness (QED) is 0.163. The van der Waals surface area contributed by atoms with Crippen molar-refractivity contribution in [3.63, 3.8) is 0 Å². The summed E-state index contributed by atoms with van der Waals surface area (Å²) in [6.45, 7) is 16.4. The Labute approximate surface area is 538 Å². The summed E-state index contributed by atoms with van der Waals surface area (Å²) < 4.78 is 0. The SMILES string of the molecule is Cc1cccc2ncccc12.Cc1cccnc1-c1ccccc1.Cc1cccnc1-c1ccccn1.Cc1ccnc2ccccc12.Cc1cnc2ccccc2n1.Cc1cncc2ccccc12.Cc1nccc2ccccc12.Cc1ncnc2ccccc12. The van der Waals surface area contributed by atoms with Crippen LogP contribution in [-0.4, -0.2) is 54.8 Å². The van der Waals surface area contributed by atoms with Crippen molar-refractivity contribution >= 4 is 65.3 Å². The van der Waals surface area contributed by atoms with Crippen LogP contribution in [0.4, 0.5) is 0 Å². The number of nitrogens with zero attached hydrogens (tertiary/aromatic N) is 11. The number of para-hydroxylation sites is 4. The van der Waals surface area contributed by atoms with E-state index in [0.29, 0.717) is 0 Å². The molecule has 0 aliphatic rings. The standard InChI is InChI=1S/C12H11N.C11H10N2.4C10H9N.2C9H8N2/c1-10-6-5-9-13-12(10)11-7-3-2-4-8-11;1-9-5-4-8-13-11(9)10-6-2-3-7-12-10;1-8-4-2-6-10-9(8)5-3-7-11-10;1-8-6-11-7-9-4-2-3-5-10(8)9;1-8-10-5-3-2-4-9(10)6-7-11-8;1-8-6-7-11-10-5-3-2-4-9(8)10;1-7-8-4-2-3-5-9(8)11-6-10-7;1-7-6-10-8-4-2-3-5-9(8)11-7/h2-9H,1H3;2-8H,1H3;4*2-7H,1H3;2*2-6H,1H3. The van der Waals surface area contributed by atoms with E-state index in [4.69, 9.17) is 0 Å². The van der Waals surface area contributed by atoms with Gasteiger partial charge in [0.05, 0.1) is 50.4 Å². The molecular weight excluding hydrogens is 1130 g/mol. The topological polar surface area (TPSA) is 142 Å². The van der Waals surface area contributed by atoms with Crippen molar-refractivity contribution in [2.24, 2.45) is 0 Å². The van der Waals surface area contributed by atoms with Crippen molar-refractivity contribution in [1.82, 2.24) is 54.8 Å². The molecule has 0 spiro atoms. The fraction of sp³-hybridized carbons (Fsp3) is 0.0988. The van der Waals surface area contributed by atoms with E-state index in [1.54, 1.807) is 24.9 Å². The number of benzene rings is 7. The zero-order valence-electron chi connectivity index (χ0n) is 53.2. The second-order valence-electron chi connectivity index (χ2n) is 21.5. The van der Waals surface area contributed by atoms with Crippen LogP contribution in [0, 0.1) is 55.4 Å². The predicted octanol–water partition coefficient (Wildman–Crippen LogP) is 19.6. The van der Waals surface area contributed by atoms with E-state index in [0.717, 1.165) is 72.7 Å². The van der Waals surface area contributed by atoms with Gasteiger partial charge in [0, 0.05) is 99.7 Å². The van der Waals surface area contributed by atoms with Gasteiger partial charge in [-0.2, -0.15) is 0 Å². The van der Waals surface area contributed by atoms with E-state index in [2.05, 4.69) is 149 Å². The van der Waals surface area contributed by atoms with Crippen LogP contribution in [0.2, 0.25) is 0 Å². The van der Waals surface area contributed by atoms with E-state index in [1.807, 2.05) is 235 Å². The van der Waals surface area contributed by atoms with Crippen molar-refractivity contribution in [2.45, 2.75) is 55.4 Å². The number of fused-ring (bicyclic) bond motifs is 6. The summed E-state index contributed by atoms with van der Waals surface area (Å²) in [5.41, 5.74) is 18.5.